The minimum absolute atomic E-state index is 0.0258. The summed E-state index contributed by atoms with van der Waals surface area (Å²) < 4.78 is 5.55. The van der Waals surface area contributed by atoms with E-state index in [-0.39, 0.29) is 12.7 Å². The van der Waals surface area contributed by atoms with Crippen molar-refractivity contribution in [3.05, 3.63) is 0 Å². The molecule has 0 saturated carbocycles. The van der Waals surface area contributed by atoms with Gasteiger partial charge in [-0.25, -0.2) is 0 Å². The van der Waals surface area contributed by atoms with E-state index in [0.717, 1.165) is 32.2 Å². The van der Waals surface area contributed by atoms with Crippen LogP contribution in [0.5, 0.6) is 0 Å². The predicted molar refractivity (Wildman–Crippen MR) is 63.5 cm³/mol. The molecule has 0 aromatic rings. The van der Waals surface area contributed by atoms with E-state index in [1.54, 1.807) is 0 Å². The first-order valence-corrected chi connectivity index (χ1v) is 6.47. The third kappa shape index (κ3) is 3.17. The molecular weight excluding hydrogens is 204 g/mol. The molecule has 0 amide bonds. The molecule has 2 rings (SSSR count). The Bertz CT molecular complexity index is 207. The van der Waals surface area contributed by atoms with Crippen LogP contribution in [0, 0.1) is 5.92 Å². The van der Waals surface area contributed by atoms with Crippen LogP contribution in [0.1, 0.15) is 19.8 Å². The third-order valence-corrected chi connectivity index (χ3v) is 3.79. The zero-order valence-electron chi connectivity index (χ0n) is 10.2. The number of rotatable bonds is 3. The van der Waals surface area contributed by atoms with Gasteiger partial charge in [0.1, 0.15) is 0 Å². The van der Waals surface area contributed by atoms with Gasteiger partial charge >= 0.3 is 0 Å². The van der Waals surface area contributed by atoms with Crippen molar-refractivity contribution >= 4 is 0 Å². The highest BCUT2D eigenvalue weighted by Gasteiger charge is 2.27. The van der Waals surface area contributed by atoms with Crippen molar-refractivity contribution in [1.82, 2.24) is 10.2 Å². The van der Waals surface area contributed by atoms with E-state index < -0.39 is 0 Å². The van der Waals surface area contributed by atoms with Crippen LogP contribution in [0.4, 0.5) is 0 Å². The summed E-state index contributed by atoms with van der Waals surface area (Å²) in [6.07, 6.45) is 2.60. The molecule has 2 aliphatic heterocycles. The highest BCUT2D eigenvalue weighted by Crippen LogP contribution is 2.18. The number of nitrogens with zero attached hydrogens (tertiary/aromatic N) is 1. The Morgan fingerprint density at radius 1 is 1.38 bits per heavy atom. The Morgan fingerprint density at radius 3 is 2.81 bits per heavy atom. The maximum atomic E-state index is 9.14. The standard InChI is InChI=1S/C12H24N2O2/c1-10-9-16-12(8-15)7-14(10)6-11-2-4-13-5-3-11/h10-13,15H,2-9H2,1H3/t10-,12+/m1/s1. The fourth-order valence-corrected chi connectivity index (χ4v) is 2.64. The number of nitrogens with one attached hydrogen (secondary N) is 1. The normalized spacial score (nSPS) is 34.1. The van der Waals surface area contributed by atoms with Gasteiger partial charge in [0, 0.05) is 19.1 Å². The first kappa shape index (κ1) is 12.3. The van der Waals surface area contributed by atoms with E-state index in [4.69, 9.17) is 9.84 Å². The summed E-state index contributed by atoms with van der Waals surface area (Å²) in [5, 5.41) is 12.5. The van der Waals surface area contributed by atoms with E-state index in [2.05, 4.69) is 17.1 Å². The van der Waals surface area contributed by atoms with Gasteiger partial charge < -0.3 is 15.2 Å². The molecule has 0 aromatic carbocycles. The topological polar surface area (TPSA) is 44.7 Å². The summed E-state index contributed by atoms with van der Waals surface area (Å²) in [7, 11) is 0. The Balaban J connectivity index is 1.81. The summed E-state index contributed by atoms with van der Waals surface area (Å²) in [6.45, 7) is 7.50. The second-order valence-electron chi connectivity index (χ2n) is 5.13. The molecule has 2 atom stereocenters. The van der Waals surface area contributed by atoms with Crippen molar-refractivity contribution in [3.8, 4) is 0 Å². The lowest BCUT2D eigenvalue weighted by atomic mass is 9.96. The number of aliphatic hydroxyl groups is 1. The smallest absolute Gasteiger partial charge is 0.0933 e. The molecule has 16 heavy (non-hydrogen) atoms. The number of piperidine rings is 1. The van der Waals surface area contributed by atoms with E-state index in [0.29, 0.717) is 6.04 Å². The molecule has 94 valence electrons. The van der Waals surface area contributed by atoms with E-state index >= 15 is 0 Å². The first-order chi connectivity index (χ1) is 7.79. The third-order valence-electron chi connectivity index (χ3n) is 3.79. The molecule has 2 heterocycles. The molecule has 0 aromatic heterocycles. The van der Waals surface area contributed by atoms with Gasteiger partial charge in [0.05, 0.1) is 19.3 Å². The zero-order chi connectivity index (χ0) is 11.4. The molecule has 4 nitrogen and oxygen atoms in total. The minimum atomic E-state index is 0.0258. The van der Waals surface area contributed by atoms with Crippen LogP contribution in [-0.2, 0) is 4.74 Å². The zero-order valence-corrected chi connectivity index (χ0v) is 10.2. The van der Waals surface area contributed by atoms with Crippen molar-refractivity contribution in [2.75, 3.05) is 39.4 Å². The predicted octanol–water partition coefficient (Wildman–Crippen LogP) is 0.0676. The summed E-state index contributed by atoms with van der Waals surface area (Å²) >= 11 is 0. The number of hydrogen-bond acceptors (Lipinski definition) is 4. The Labute approximate surface area is 98.0 Å². The lowest BCUT2D eigenvalue weighted by molar-refractivity contribution is -0.0822. The van der Waals surface area contributed by atoms with Crippen LogP contribution >= 0.6 is 0 Å². The highest BCUT2D eigenvalue weighted by molar-refractivity contribution is 4.80. The van der Waals surface area contributed by atoms with Gasteiger partial charge in [-0.05, 0) is 38.8 Å². The lowest BCUT2D eigenvalue weighted by Gasteiger charge is -2.40. The summed E-state index contributed by atoms with van der Waals surface area (Å²) in [5.74, 6) is 0.821. The Hall–Kier alpha value is -0.160. The van der Waals surface area contributed by atoms with Crippen LogP contribution in [0.25, 0.3) is 0 Å². The maximum Gasteiger partial charge on any atom is 0.0933 e. The highest BCUT2D eigenvalue weighted by atomic mass is 16.5. The summed E-state index contributed by atoms with van der Waals surface area (Å²) in [5.41, 5.74) is 0. The Kier molecular flexibility index (Phi) is 4.58. The van der Waals surface area contributed by atoms with Crippen molar-refractivity contribution in [1.29, 1.82) is 0 Å². The fraction of sp³-hybridized carbons (Fsp3) is 1.00. The van der Waals surface area contributed by atoms with Gasteiger partial charge in [0.15, 0.2) is 0 Å². The first-order valence-electron chi connectivity index (χ1n) is 6.47. The molecule has 2 aliphatic rings. The average molecular weight is 228 g/mol. The number of aliphatic hydroxyl groups excluding tert-OH is 1. The van der Waals surface area contributed by atoms with Crippen LogP contribution in [0.3, 0.4) is 0 Å². The van der Waals surface area contributed by atoms with Crippen LogP contribution in [0.15, 0.2) is 0 Å². The fourth-order valence-electron chi connectivity index (χ4n) is 2.64. The lowest BCUT2D eigenvalue weighted by Crippen LogP contribution is -2.51. The van der Waals surface area contributed by atoms with Gasteiger partial charge in [0.25, 0.3) is 0 Å². The molecule has 4 heteroatoms. The summed E-state index contributed by atoms with van der Waals surface area (Å²) in [4.78, 5) is 2.49. The molecule has 0 spiro atoms. The molecule has 2 saturated heterocycles. The Morgan fingerprint density at radius 2 is 2.12 bits per heavy atom. The van der Waals surface area contributed by atoms with Crippen molar-refractivity contribution < 1.29 is 9.84 Å². The molecular formula is C12H24N2O2. The van der Waals surface area contributed by atoms with E-state index in [1.807, 2.05) is 0 Å². The molecule has 0 radical (unpaired) electrons. The summed E-state index contributed by atoms with van der Waals surface area (Å²) in [6, 6.07) is 0.498. The number of ether oxygens (including phenoxy) is 1. The second kappa shape index (κ2) is 5.96. The monoisotopic (exact) mass is 228 g/mol. The molecule has 0 aliphatic carbocycles. The van der Waals surface area contributed by atoms with Gasteiger partial charge in [0.2, 0.25) is 0 Å². The van der Waals surface area contributed by atoms with Gasteiger partial charge in [-0.2, -0.15) is 0 Å². The largest absolute Gasteiger partial charge is 0.394 e. The number of hydrogen-bond donors (Lipinski definition) is 2. The average Bonchev–Trinajstić information content (AvgIpc) is 2.33. The van der Waals surface area contributed by atoms with Gasteiger partial charge in [-0.1, -0.05) is 0 Å². The van der Waals surface area contributed by atoms with Crippen molar-refractivity contribution in [3.63, 3.8) is 0 Å². The molecule has 2 fully saturated rings. The SMILES string of the molecule is C[C@@H]1CO[C@H](CO)CN1CC1CCNCC1. The van der Waals surface area contributed by atoms with Crippen LogP contribution < -0.4 is 5.32 Å². The van der Waals surface area contributed by atoms with Gasteiger partial charge in [-0.15, -0.1) is 0 Å². The maximum absolute atomic E-state index is 9.14. The van der Waals surface area contributed by atoms with Crippen LogP contribution in [-0.4, -0.2) is 61.5 Å². The number of morpholine rings is 1. The van der Waals surface area contributed by atoms with E-state index in [1.165, 1.54) is 19.4 Å². The quantitative estimate of drug-likeness (QED) is 0.717. The molecule has 2 N–H and O–H groups in total. The minimum Gasteiger partial charge on any atom is -0.394 e. The van der Waals surface area contributed by atoms with Gasteiger partial charge in [-0.3, -0.25) is 4.90 Å². The van der Waals surface area contributed by atoms with Crippen molar-refractivity contribution in [2.24, 2.45) is 5.92 Å². The molecule has 0 unspecified atom stereocenters. The van der Waals surface area contributed by atoms with Crippen molar-refractivity contribution in [2.45, 2.75) is 31.9 Å². The second-order valence-corrected chi connectivity index (χ2v) is 5.13. The molecule has 0 bridgehead atoms. The van der Waals surface area contributed by atoms with E-state index in [9.17, 15) is 0 Å². The van der Waals surface area contributed by atoms with Crippen LogP contribution in [0.2, 0.25) is 0 Å².